The van der Waals surface area contributed by atoms with E-state index in [1.165, 1.54) is 0 Å². The van der Waals surface area contributed by atoms with Gasteiger partial charge in [-0.05, 0) is 25.1 Å². The third kappa shape index (κ3) is 2.42. The lowest BCUT2D eigenvalue weighted by atomic mass is 10.1. The highest BCUT2D eigenvalue weighted by atomic mass is 16.5. The summed E-state index contributed by atoms with van der Waals surface area (Å²) in [7, 11) is 0. The zero-order chi connectivity index (χ0) is 14.8. The maximum atomic E-state index is 12.4. The first kappa shape index (κ1) is 13.4. The molecule has 2 aromatic rings. The summed E-state index contributed by atoms with van der Waals surface area (Å²) >= 11 is 0. The Bertz CT molecular complexity index is 729. The van der Waals surface area contributed by atoms with Crippen LogP contribution in [-0.2, 0) is 6.42 Å². The lowest BCUT2D eigenvalue weighted by Crippen LogP contribution is -1.97. The Kier molecular flexibility index (Phi) is 3.48. The molecule has 21 heavy (non-hydrogen) atoms. The predicted octanol–water partition coefficient (Wildman–Crippen LogP) is 3.61. The number of ether oxygens (including phenoxy) is 1. The molecule has 0 aromatic heterocycles. The number of para-hydroxylation sites is 1. The third-order valence-electron chi connectivity index (χ3n) is 3.60. The van der Waals surface area contributed by atoms with Gasteiger partial charge in [0.1, 0.15) is 11.5 Å². The van der Waals surface area contributed by atoms with Crippen LogP contribution in [-0.4, -0.2) is 17.5 Å². The van der Waals surface area contributed by atoms with Gasteiger partial charge in [0.25, 0.3) is 0 Å². The topological polar surface area (TPSA) is 46.5 Å². The van der Waals surface area contributed by atoms with Gasteiger partial charge >= 0.3 is 0 Å². The number of ketones is 1. The van der Waals surface area contributed by atoms with Gasteiger partial charge < -0.3 is 9.84 Å². The molecule has 3 nitrogen and oxygen atoms in total. The van der Waals surface area contributed by atoms with Crippen molar-refractivity contribution in [1.82, 2.24) is 0 Å². The van der Waals surface area contributed by atoms with E-state index >= 15 is 0 Å². The largest absolute Gasteiger partial charge is 0.508 e. The fourth-order valence-electron chi connectivity index (χ4n) is 2.61. The molecule has 0 atom stereocenters. The molecular formula is C18H16O3. The van der Waals surface area contributed by atoms with Gasteiger partial charge in [-0.25, -0.2) is 0 Å². The lowest BCUT2D eigenvalue weighted by molar-refractivity contribution is 0.104. The van der Waals surface area contributed by atoms with E-state index in [1.54, 1.807) is 18.2 Å². The van der Waals surface area contributed by atoms with Gasteiger partial charge in [-0.3, -0.25) is 4.79 Å². The van der Waals surface area contributed by atoms with E-state index in [9.17, 15) is 9.90 Å². The van der Waals surface area contributed by atoms with E-state index in [1.807, 2.05) is 37.3 Å². The zero-order valence-electron chi connectivity index (χ0n) is 11.8. The summed E-state index contributed by atoms with van der Waals surface area (Å²) in [6, 6.07) is 12.7. The molecule has 0 saturated heterocycles. The van der Waals surface area contributed by atoms with Crippen molar-refractivity contribution in [2.24, 2.45) is 0 Å². The number of Topliss-reactive ketones (excluding diaryl/α,β-unsaturated/α-hetero) is 1. The quantitative estimate of drug-likeness (QED) is 0.874. The summed E-state index contributed by atoms with van der Waals surface area (Å²) in [5.74, 6) is 0.926. The van der Waals surface area contributed by atoms with Crippen LogP contribution in [0.25, 0.3) is 6.08 Å². The van der Waals surface area contributed by atoms with E-state index < -0.39 is 0 Å². The minimum atomic E-state index is -0.0211. The molecule has 0 bridgehead atoms. The van der Waals surface area contributed by atoms with Crippen LogP contribution in [0, 0.1) is 0 Å². The van der Waals surface area contributed by atoms with Crippen LogP contribution >= 0.6 is 0 Å². The molecule has 0 aliphatic heterocycles. The average Bonchev–Trinajstić information content (AvgIpc) is 2.80. The number of hydrogen-bond acceptors (Lipinski definition) is 3. The maximum Gasteiger partial charge on any atom is 0.189 e. The molecule has 0 radical (unpaired) electrons. The summed E-state index contributed by atoms with van der Waals surface area (Å²) in [5, 5.41) is 9.87. The smallest absolute Gasteiger partial charge is 0.189 e. The summed E-state index contributed by atoms with van der Waals surface area (Å²) in [5.41, 5.74) is 2.87. The number of benzene rings is 2. The molecule has 0 fully saturated rings. The van der Waals surface area contributed by atoms with Gasteiger partial charge in [0, 0.05) is 28.7 Å². The molecule has 3 heteroatoms. The summed E-state index contributed by atoms with van der Waals surface area (Å²) < 4.78 is 5.58. The second-order valence-corrected chi connectivity index (χ2v) is 4.95. The fraction of sp³-hybridized carbons (Fsp3) is 0.167. The van der Waals surface area contributed by atoms with Crippen LogP contribution in [0.2, 0.25) is 0 Å². The predicted molar refractivity (Wildman–Crippen MR) is 81.7 cm³/mol. The highest BCUT2D eigenvalue weighted by molar-refractivity contribution is 6.16. The van der Waals surface area contributed by atoms with E-state index in [4.69, 9.17) is 4.74 Å². The first-order valence-corrected chi connectivity index (χ1v) is 6.98. The van der Waals surface area contributed by atoms with Crippen LogP contribution in [0.15, 0.2) is 48.0 Å². The Morgan fingerprint density at radius 2 is 2.00 bits per heavy atom. The molecule has 0 saturated carbocycles. The number of carbonyl (C=O) groups is 1. The number of allylic oxidation sites excluding steroid dienone is 1. The molecule has 1 N–H and O–H groups in total. The minimum absolute atomic E-state index is 0.0211. The van der Waals surface area contributed by atoms with Gasteiger partial charge in [0.15, 0.2) is 5.78 Å². The molecule has 0 heterocycles. The van der Waals surface area contributed by atoms with E-state index in [-0.39, 0.29) is 11.5 Å². The van der Waals surface area contributed by atoms with Crippen LogP contribution in [0.5, 0.6) is 11.5 Å². The van der Waals surface area contributed by atoms with E-state index in [0.29, 0.717) is 29.7 Å². The van der Waals surface area contributed by atoms with Crippen molar-refractivity contribution in [2.75, 3.05) is 6.61 Å². The second-order valence-electron chi connectivity index (χ2n) is 4.95. The summed E-state index contributed by atoms with van der Waals surface area (Å²) in [6.07, 6.45) is 2.31. The van der Waals surface area contributed by atoms with Crippen molar-refractivity contribution >= 4 is 11.9 Å². The second kappa shape index (κ2) is 5.44. The van der Waals surface area contributed by atoms with Gasteiger partial charge in [-0.2, -0.15) is 0 Å². The number of phenols is 1. The molecule has 106 valence electrons. The Labute approximate surface area is 123 Å². The van der Waals surface area contributed by atoms with Crippen LogP contribution < -0.4 is 4.74 Å². The molecule has 1 aliphatic rings. The monoisotopic (exact) mass is 280 g/mol. The van der Waals surface area contributed by atoms with E-state index in [2.05, 4.69) is 0 Å². The third-order valence-corrected chi connectivity index (χ3v) is 3.60. The molecule has 0 unspecified atom stereocenters. The highest BCUT2D eigenvalue weighted by Gasteiger charge is 2.27. The number of aromatic hydroxyl groups is 1. The van der Waals surface area contributed by atoms with Crippen LogP contribution in [0.1, 0.15) is 28.4 Å². The fourth-order valence-corrected chi connectivity index (χ4v) is 2.61. The molecule has 2 aromatic carbocycles. The first-order chi connectivity index (χ1) is 10.2. The lowest BCUT2D eigenvalue weighted by Gasteiger charge is -2.07. The SMILES string of the molecule is CCOc1ccccc1/C=C1\Cc2c(O)cccc2C1=O. The number of carbonyl (C=O) groups excluding carboxylic acids is 1. The minimum Gasteiger partial charge on any atom is -0.508 e. The van der Waals surface area contributed by atoms with Crippen molar-refractivity contribution < 1.29 is 14.6 Å². The maximum absolute atomic E-state index is 12.4. The van der Waals surface area contributed by atoms with Gasteiger partial charge in [0.05, 0.1) is 6.61 Å². The Morgan fingerprint density at radius 3 is 2.76 bits per heavy atom. The number of rotatable bonds is 3. The summed E-state index contributed by atoms with van der Waals surface area (Å²) in [4.78, 5) is 12.4. The number of hydrogen-bond donors (Lipinski definition) is 1. The Hall–Kier alpha value is -2.55. The van der Waals surface area contributed by atoms with Crippen molar-refractivity contribution in [1.29, 1.82) is 0 Å². The highest BCUT2D eigenvalue weighted by Crippen LogP contribution is 2.34. The Balaban J connectivity index is 2.00. The van der Waals surface area contributed by atoms with Crippen LogP contribution in [0.4, 0.5) is 0 Å². The molecule has 0 amide bonds. The van der Waals surface area contributed by atoms with E-state index in [0.717, 1.165) is 11.3 Å². The molecule has 0 spiro atoms. The van der Waals surface area contributed by atoms with Crippen molar-refractivity contribution in [2.45, 2.75) is 13.3 Å². The van der Waals surface area contributed by atoms with Gasteiger partial charge in [-0.15, -0.1) is 0 Å². The number of fused-ring (bicyclic) bond motifs is 1. The van der Waals surface area contributed by atoms with Gasteiger partial charge in [0.2, 0.25) is 0 Å². The average molecular weight is 280 g/mol. The number of phenolic OH excluding ortho intramolecular Hbond substituents is 1. The van der Waals surface area contributed by atoms with Crippen LogP contribution in [0.3, 0.4) is 0 Å². The summed E-state index contributed by atoms with van der Waals surface area (Å²) in [6.45, 7) is 2.51. The zero-order valence-corrected chi connectivity index (χ0v) is 11.8. The molecule has 3 rings (SSSR count). The molecular weight excluding hydrogens is 264 g/mol. The van der Waals surface area contributed by atoms with Crippen molar-refractivity contribution in [3.8, 4) is 11.5 Å². The Morgan fingerprint density at radius 1 is 1.19 bits per heavy atom. The normalized spacial score (nSPS) is 15.3. The standard InChI is InChI=1S/C18H16O3/c1-2-21-17-9-4-3-6-12(17)10-13-11-15-14(18(13)20)7-5-8-16(15)19/h3-10,19H,2,11H2,1H3/b13-10+. The molecule has 1 aliphatic carbocycles. The first-order valence-electron chi connectivity index (χ1n) is 6.98. The van der Waals surface area contributed by atoms with Crippen molar-refractivity contribution in [3.05, 3.63) is 64.7 Å². The van der Waals surface area contributed by atoms with Gasteiger partial charge in [-0.1, -0.05) is 30.3 Å². The van der Waals surface area contributed by atoms with Crippen molar-refractivity contribution in [3.63, 3.8) is 0 Å².